The molecule has 0 spiro atoms. The molecule has 126 valence electrons. The number of hydrogen-bond acceptors (Lipinski definition) is 4. The standard InChI is InChI=1S/C19H22N2O3/c1-19(2,24)14-21(13-15-6-4-3-5-7-15)18(23)9-8-16-10-17(22)12-20-11-16/h3-12,22,24H,13-14H2,1-2H3/b9-8+. The Morgan fingerprint density at radius 2 is 1.96 bits per heavy atom. The Kier molecular flexibility index (Phi) is 5.71. The van der Waals surface area contributed by atoms with Gasteiger partial charge in [-0.25, -0.2) is 0 Å². The first-order chi connectivity index (χ1) is 11.3. The topological polar surface area (TPSA) is 73.7 Å². The van der Waals surface area contributed by atoms with Crippen molar-refractivity contribution < 1.29 is 15.0 Å². The third-order valence-electron chi connectivity index (χ3n) is 3.27. The summed E-state index contributed by atoms with van der Waals surface area (Å²) in [6, 6.07) is 11.1. The molecule has 5 heteroatoms. The van der Waals surface area contributed by atoms with Gasteiger partial charge in [0, 0.05) is 25.4 Å². The fourth-order valence-electron chi connectivity index (χ4n) is 2.29. The fraction of sp³-hybridized carbons (Fsp3) is 0.263. The molecule has 0 radical (unpaired) electrons. The number of nitrogens with zero attached hydrogens (tertiary/aromatic N) is 2. The number of pyridine rings is 1. The maximum Gasteiger partial charge on any atom is 0.246 e. The number of benzene rings is 1. The monoisotopic (exact) mass is 326 g/mol. The predicted molar refractivity (Wildman–Crippen MR) is 93.1 cm³/mol. The Bertz CT molecular complexity index is 706. The molecule has 0 fully saturated rings. The zero-order chi connectivity index (χ0) is 17.6. The van der Waals surface area contributed by atoms with Gasteiger partial charge in [0.2, 0.25) is 5.91 Å². The third-order valence-corrected chi connectivity index (χ3v) is 3.27. The SMILES string of the molecule is CC(C)(O)CN(Cc1ccccc1)C(=O)/C=C/c1cncc(O)c1. The van der Waals surface area contributed by atoms with Gasteiger partial charge in [-0.2, -0.15) is 0 Å². The van der Waals surface area contributed by atoms with Crippen LogP contribution in [0.3, 0.4) is 0 Å². The van der Waals surface area contributed by atoms with Gasteiger partial charge in [-0.3, -0.25) is 9.78 Å². The molecule has 2 N–H and O–H groups in total. The minimum absolute atomic E-state index is 0.0437. The molecule has 0 saturated heterocycles. The fourth-order valence-corrected chi connectivity index (χ4v) is 2.29. The molecular formula is C19H22N2O3. The predicted octanol–water partition coefficient (Wildman–Crippen LogP) is 2.60. The van der Waals surface area contributed by atoms with E-state index in [0.29, 0.717) is 12.1 Å². The molecule has 1 aromatic heterocycles. The van der Waals surface area contributed by atoms with Crippen LogP contribution in [0.15, 0.2) is 54.9 Å². The maximum atomic E-state index is 12.5. The van der Waals surface area contributed by atoms with Crippen molar-refractivity contribution in [3.63, 3.8) is 0 Å². The Morgan fingerprint density at radius 3 is 2.58 bits per heavy atom. The van der Waals surface area contributed by atoms with Crippen LogP contribution in [0.2, 0.25) is 0 Å². The number of hydrogen-bond donors (Lipinski definition) is 2. The molecule has 0 unspecified atom stereocenters. The van der Waals surface area contributed by atoms with E-state index in [2.05, 4.69) is 4.98 Å². The van der Waals surface area contributed by atoms with Crippen molar-refractivity contribution in [1.82, 2.24) is 9.88 Å². The van der Waals surface area contributed by atoms with E-state index in [9.17, 15) is 15.0 Å². The highest BCUT2D eigenvalue weighted by Crippen LogP contribution is 2.13. The zero-order valence-electron chi connectivity index (χ0n) is 13.9. The largest absolute Gasteiger partial charge is 0.506 e. The van der Waals surface area contributed by atoms with Crippen molar-refractivity contribution in [3.05, 3.63) is 66.0 Å². The van der Waals surface area contributed by atoms with Crippen molar-refractivity contribution >= 4 is 12.0 Å². The van der Waals surface area contributed by atoms with Crippen LogP contribution >= 0.6 is 0 Å². The summed E-state index contributed by atoms with van der Waals surface area (Å²) >= 11 is 0. The number of carbonyl (C=O) groups is 1. The van der Waals surface area contributed by atoms with Crippen molar-refractivity contribution in [2.24, 2.45) is 0 Å². The van der Waals surface area contributed by atoms with Gasteiger partial charge in [-0.1, -0.05) is 30.3 Å². The van der Waals surface area contributed by atoms with E-state index < -0.39 is 5.60 Å². The highest BCUT2D eigenvalue weighted by molar-refractivity contribution is 5.91. The molecule has 5 nitrogen and oxygen atoms in total. The summed E-state index contributed by atoms with van der Waals surface area (Å²) < 4.78 is 0. The molecule has 0 saturated carbocycles. The minimum atomic E-state index is -0.995. The number of aromatic nitrogens is 1. The molecular weight excluding hydrogens is 304 g/mol. The Labute approximate surface area is 141 Å². The van der Waals surface area contributed by atoms with Gasteiger partial charge >= 0.3 is 0 Å². The van der Waals surface area contributed by atoms with Gasteiger partial charge in [0.1, 0.15) is 5.75 Å². The van der Waals surface area contributed by atoms with E-state index in [1.54, 1.807) is 31.0 Å². The van der Waals surface area contributed by atoms with Crippen molar-refractivity contribution in [2.75, 3.05) is 6.54 Å². The number of amides is 1. The van der Waals surface area contributed by atoms with E-state index in [1.807, 2.05) is 30.3 Å². The Balaban J connectivity index is 2.14. The lowest BCUT2D eigenvalue weighted by atomic mass is 10.1. The second-order valence-corrected chi connectivity index (χ2v) is 6.30. The molecule has 1 amide bonds. The molecule has 24 heavy (non-hydrogen) atoms. The van der Waals surface area contributed by atoms with Gasteiger partial charge in [0.05, 0.1) is 11.8 Å². The van der Waals surface area contributed by atoms with E-state index in [-0.39, 0.29) is 18.2 Å². The lowest BCUT2D eigenvalue weighted by molar-refractivity contribution is -0.129. The average Bonchev–Trinajstić information content (AvgIpc) is 2.52. The molecule has 1 aromatic carbocycles. The van der Waals surface area contributed by atoms with Gasteiger partial charge in [0.25, 0.3) is 0 Å². The molecule has 1 heterocycles. The first-order valence-corrected chi connectivity index (χ1v) is 7.71. The smallest absolute Gasteiger partial charge is 0.246 e. The van der Waals surface area contributed by atoms with Crippen molar-refractivity contribution in [2.45, 2.75) is 26.0 Å². The molecule has 2 aromatic rings. The summed E-state index contributed by atoms with van der Waals surface area (Å²) in [6.45, 7) is 3.96. The van der Waals surface area contributed by atoms with Crippen LogP contribution in [0.4, 0.5) is 0 Å². The highest BCUT2D eigenvalue weighted by Gasteiger charge is 2.21. The summed E-state index contributed by atoms with van der Waals surface area (Å²) in [5.74, 6) is -0.174. The molecule has 0 bridgehead atoms. The first kappa shape index (κ1) is 17.7. The van der Waals surface area contributed by atoms with Crippen LogP contribution < -0.4 is 0 Å². The van der Waals surface area contributed by atoms with Gasteiger partial charge in [0.15, 0.2) is 0 Å². The highest BCUT2D eigenvalue weighted by atomic mass is 16.3. The van der Waals surface area contributed by atoms with E-state index in [0.717, 1.165) is 5.56 Å². The lowest BCUT2D eigenvalue weighted by Crippen LogP contribution is -2.41. The Hall–Kier alpha value is -2.66. The molecule has 0 aliphatic rings. The second kappa shape index (κ2) is 7.75. The van der Waals surface area contributed by atoms with Crippen LogP contribution in [0.5, 0.6) is 5.75 Å². The molecule has 0 atom stereocenters. The van der Waals surface area contributed by atoms with Gasteiger partial charge in [-0.05, 0) is 37.1 Å². The first-order valence-electron chi connectivity index (χ1n) is 7.71. The van der Waals surface area contributed by atoms with Gasteiger partial charge in [-0.15, -0.1) is 0 Å². The van der Waals surface area contributed by atoms with Crippen LogP contribution in [-0.4, -0.2) is 38.1 Å². The summed E-state index contributed by atoms with van der Waals surface area (Å²) in [5, 5.41) is 19.5. The average molecular weight is 326 g/mol. The summed E-state index contributed by atoms with van der Waals surface area (Å²) in [6.07, 6.45) is 5.90. The normalized spacial score (nSPS) is 11.6. The third kappa shape index (κ3) is 5.85. The van der Waals surface area contributed by atoms with E-state index in [4.69, 9.17) is 0 Å². The van der Waals surface area contributed by atoms with Gasteiger partial charge < -0.3 is 15.1 Å². The summed E-state index contributed by atoms with van der Waals surface area (Å²) in [7, 11) is 0. The van der Waals surface area contributed by atoms with Crippen molar-refractivity contribution in [3.8, 4) is 5.75 Å². The lowest BCUT2D eigenvalue weighted by Gasteiger charge is -2.28. The maximum absolute atomic E-state index is 12.5. The number of carbonyl (C=O) groups excluding carboxylic acids is 1. The minimum Gasteiger partial charge on any atom is -0.506 e. The van der Waals surface area contributed by atoms with Crippen LogP contribution in [0.25, 0.3) is 6.08 Å². The summed E-state index contributed by atoms with van der Waals surface area (Å²) in [5.41, 5.74) is 0.624. The molecule has 2 rings (SSSR count). The van der Waals surface area contributed by atoms with Crippen LogP contribution in [0, 0.1) is 0 Å². The van der Waals surface area contributed by atoms with E-state index >= 15 is 0 Å². The molecule has 0 aliphatic carbocycles. The second-order valence-electron chi connectivity index (χ2n) is 6.30. The number of rotatable bonds is 6. The van der Waals surface area contributed by atoms with Crippen molar-refractivity contribution in [1.29, 1.82) is 0 Å². The van der Waals surface area contributed by atoms with Crippen LogP contribution in [-0.2, 0) is 11.3 Å². The molecule has 0 aliphatic heterocycles. The quantitative estimate of drug-likeness (QED) is 0.800. The number of aromatic hydroxyl groups is 1. The number of aliphatic hydroxyl groups is 1. The van der Waals surface area contributed by atoms with E-state index in [1.165, 1.54) is 18.3 Å². The summed E-state index contributed by atoms with van der Waals surface area (Å²) in [4.78, 5) is 18.0. The Morgan fingerprint density at radius 1 is 1.25 bits per heavy atom. The zero-order valence-corrected chi connectivity index (χ0v) is 13.9. The van der Waals surface area contributed by atoms with Crippen LogP contribution in [0.1, 0.15) is 25.0 Å².